The van der Waals surface area contributed by atoms with Gasteiger partial charge in [-0.05, 0) is 59.9 Å². The second-order valence-electron chi connectivity index (χ2n) is 9.06. The lowest BCUT2D eigenvalue weighted by atomic mass is 9.69. The summed E-state index contributed by atoms with van der Waals surface area (Å²) in [7, 11) is 0. The molecule has 3 heterocycles. The second kappa shape index (κ2) is 7.34. The van der Waals surface area contributed by atoms with Crippen molar-refractivity contribution >= 4 is 28.3 Å². The summed E-state index contributed by atoms with van der Waals surface area (Å²) in [5.41, 5.74) is 3.49. The van der Waals surface area contributed by atoms with Crippen molar-refractivity contribution in [3.8, 4) is 11.5 Å². The number of carbonyl (C=O) groups is 1. The fourth-order valence-electron chi connectivity index (χ4n) is 4.59. The number of hydrogen-bond donors (Lipinski definition) is 2. The molecule has 5 nitrogen and oxygen atoms in total. The third-order valence-corrected chi connectivity index (χ3v) is 8.15. The van der Waals surface area contributed by atoms with Crippen molar-refractivity contribution in [3.05, 3.63) is 45.8 Å². The molecule has 2 aliphatic heterocycles. The molecule has 2 N–H and O–H groups in total. The highest BCUT2D eigenvalue weighted by atomic mass is 32.1. The molecule has 2 aromatic rings. The molecule has 6 heteroatoms. The summed E-state index contributed by atoms with van der Waals surface area (Å²) in [5, 5.41) is 7.63. The zero-order chi connectivity index (χ0) is 20.9. The van der Waals surface area contributed by atoms with Gasteiger partial charge in [-0.15, -0.1) is 11.3 Å². The fourth-order valence-corrected chi connectivity index (χ4v) is 5.96. The number of thiophene rings is 1. The Morgan fingerprint density at radius 2 is 2.07 bits per heavy atom. The van der Waals surface area contributed by atoms with Gasteiger partial charge in [-0.2, -0.15) is 0 Å². The van der Waals surface area contributed by atoms with Gasteiger partial charge in [0.25, 0.3) is 5.91 Å². The molecule has 0 saturated carbocycles. The predicted molar refractivity (Wildman–Crippen MR) is 120 cm³/mol. The Balaban J connectivity index is 1.34. The van der Waals surface area contributed by atoms with E-state index in [0.29, 0.717) is 11.3 Å². The topological polar surface area (TPSA) is 59.6 Å². The quantitative estimate of drug-likeness (QED) is 0.707. The van der Waals surface area contributed by atoms with Gasteiger partial charge in [0.15, 0.2) is 11.5 Å². The van der Waals surface area contributed by atoms with E-state index >= 15 is 0 Å². The van der Waals surface area contributed by atoms with Crippen molar-refractivity contribution < 1.29 is 14.3 Å². The molecule has 158 valence electrons. The van der Waals surface area contributed by atoms with Crippen LogP contribution >= 0.6 is 11.3 Å². The molecule has 0 bridgehead atoms. The molecule has 0 unspecified atom stereocenters. The Bertz CT molecular complexity index is 1020. The number of anilines is 1. The molecule has 1 amide bonds. The molecule has 1 aromatic heterocycles. The molecule has 30 heavy (non-hydrogen) atoms. The largest absolute Gasteiger partial charge is 0.454 e. The summed E-state index contributed by atoms with van der Waals surface area (Å²) < 4.78 is 10.8. The standard InChI is InChI=1S/C24H28N2O3S/c1-4-24(2,3)15-7-8-16-19(12-15)30-23-21(16)22(27)25-20(26-23)10-6-14-5-9-17-18(11-14)29-13-28-17/h5-6,9-11,15,20,26H,4,7-8,12-13H2,1-3H3,(H,25,27)/b10-6+/t15-,20+/m0/s1. The maximum absolute atomic E-state index is 12.9. The van der Waals surface area contributed by atoms with Gasteiger partial charge in [0, 0.05) is 4.88 Å². The van der Waals surface area contributed by atoms with Gasteiger partial charge in [-0.3, -0.25) is 4.79 Å². The van der Waals surface area contributed by atoms with E-state index in [1.54, 1.807) is 11.3 Å². The summed E-state index contributed by atoms with van der Waals surface area (Å²) in [6, 6.07) is 5.85. The van der Waals surface area contributed by atoms with Crippen LogP contribution in [0.1, 0.15) is 60.0 Å². The lowest BCUT2D eigenvalue weighted by Crippen LogP contribution is -2.43. The first-order valence-electron chi connectivity index (χ1n) is 10.7. The second-order valence-corrected chi connectivity index (χ2v) is 10.2. The first-order valence-corrected chi connectivity index (χ1v) is 11.6. The average Bonchev–Trinajstić information content (AvgIpc) is 3.35. The maximum Gasteiger partial charge on any atom is 0.256 e. The smallest absolute Gasteiger partial charge is 0.256 e. The van der Waals surface area contributed by atoms with Crippen LogP contribution in [0.5, 0.6) is 11.5 Å². The van der Waals surface area contributed by atoms with Gasteiger partial charge in [-0.25, -0.2) is 0 Å². The number of ether oxygens (including phenoxy) is 2. The van der Waals surface area contributed by atoms with Crippen molar-refractivity contribution in [3.63, 3.8) is 0 Å². The highest BCUT2D eigenvalue weighted by molar-refractivity contribution is 7.16. The van der Waals surface area contributed by atoms with Crippen molar-refractivity contribution in [1.29, 1.82) is 0 Å². The van der Waals surface area contributed by atoms with Crippen LogP contribution in [-0.4, -0.2) is 18.9 Å². The molecule has 0 spiro atoms. The number of nitrogens with one attached hydrogen (secondary N) is 2. The minimum Gasteiger partial charge on any atom is -0.454 e. The van der Waals surface area contributed by atoms with Crippen LogP contribution in [0.25, 0.3) is 6.08 Å². The molecule has 1 aliphatic carbocycles. The van der Waals surface area contributed by atoms with Gasteiger partial charge in [0.2, 0.25) is 6.79 Å². The van der Waals surface area contributed by atoms with Crippen molar-refractivity contribution in [2.24, 2.45) is 11.3 Å². The predicted octanol–water partition coefficient (Wildman–Crippen LogP) is 5.21. The van der Waals surface area contributed by atoms with E-state index < -0.39 is 0 Å². The van der Waals surface area contributed by atoms with E-state index in [1.807, 2.05) is 30.4 Å². The molecular weight excluding hydrogens is 396 g/mol. The third-order valence-electron chi connectivity index (χ3n) is 6.96. The highest BCUT2D eigenvalue weighted by Gasteiger charge is 2.36. The van der Waals surface area contributed by atoms with Crippen LogP contribution in [0, 0.1) is 11.3 Å². The third kappa shape index (κ3) is 3.37. The average molecular weight is 425 g/mol. The van der Waals surface area contributed by atoms with E-state index in [0.717, 1.165) is 46.9 Å². The Labute approximate surface area is 181 Å². The monoisotopic (exact) mass is 424 g/mol. The summed E-state index contributed by atoms with van der Waals surface area (Å²) in [6.07, 6.45) is 8.20. The van der Waals surface area contributed by atoms with E-state index in [1.165, 1.54) is 16.9 Å². The SMILES string of the molecule is CCC(C)(C)[C@H]1CCc2c(sc3c2C(=O)N[C@@H](/C=C/c2ccc4c(c2)OCO4)N3)C1. The Morgan fingerprint density at radius 3 is 2.90 bits per heavy atom. The number of benzene rings is 1. The van der Waals surface area contributed by atoms with Crippen LogP contribution in [0.3, 0.4) is 0 Å². The van der Waals surface area contributed by atoms with Crippen molar-refractivity contribution in [2.75, 3.05) is 12.1 Å². The lowest BCUT2D eigenvalue weighted by molar-refractivity contribution is 0.0942. The van der Waals surface area contributed by atoms with Gasteiger partial charge in [0.05, 0.1) is 5.56 Å². The first kappa shape index (κ1) is 19.5. The molecule has 3 aliphatic rings. The Morgan fingerprint density at radius 1 is 1.23 bits per heavy atom. The van der Waals surface area contributed by atoms with Crippen LogP contribution in [0.2, 0.25) is 0 Å². The summed E-state index contributed by atoms with van der Waals surface area (Å²) in [6.45, 7) is 7.29. The number of fused-ring (bicyclic) bond motifs is 4. The molecule has 1 aromatic carbocycles. The minimum atomic E-state index is -0.224. The number of carbonyl (C=O) groups excluding carboxylic acids is 1. The van der Waals surface area contributed by atoms with E-state index in [4.69, 9.17) is 9.47 Å². The van der Waals surface area contributed by atoms with Gasteiger partial charge in [0.1, 0.15) is 11.2 Å². The zero-order valence-electron chi connectivity index (χ0n) is 17.7. The number of amides is 1. The van der Waals surface area contributed by atoms with Crippen LogP contribution in [0.15, 0.2) is 24.3 Å². The summed E-state index contributed by atoms with van der Waals surface area (Å²) >= 11 is 1.77. The van der Waals surface area contributed by atoms with Gasteiger partial charge >= 0.3 is 0 Å². The zero-order valence-corrected chi connectivity index (χ0v) is 18.5. The molecule has 0 saturated heterocycles. The van der Waals surface area contributed by atoms with Crippen molar-refractivity contribution in [1.82, 2.24) is 5.32 Å². The van der Waals surface area contributed by atoms with Crippen molar-refractivity contribution in [2.45, 2.75) is 52.6 Å². The summed E-state index contributed by atoms with van der Waals surface area (Å²) in [5.74, 6) is 2.25. The Kier molecular flexibility index (Phi) is 4.77. The first-order chi connectivity index (χ1) is 14.4. The Hall–Kier alpha value is -2.47. The van der Waals surface area contributed by atoms with E-state index in [9.17, 15) is 4.79 Å². The van der Waals surface area contributed by atoms with Gasteiger partial charge < -0.3 is 20.1 Å². The van der Waals surface area contributed by atoms with Crippen LogP contribution < -0.4 is 20.1 Å². The van der Waals surface area contributed by atoms with E-state index in [-0.39, 0.29) is 18.9 Å². The minimum absolute atomic E-state index is 0.0368. The molecular formula is C24H28N2O3S. The molecule has 0 radical (unpaired) electrons. The van der Waals surface area contributed by atoms with Crippen LogP contribution in [0.4, 0.5) is 5.00 Å². The normalized spacial score (nSPS) is 22.4. The number of rotatable bonds is 4. The van der Waals surface area contributed by atoms with Crippen LogP contribution in [-0.2, 0) is 12.8 Å². The fraction of sp³-hybridized carbons (Fsp3) is 0.458. The number of hydrogen-bond acceptors (Lipinski definition) is 5. The summed E-state index contributed by atoms with van der Waals surface area (Å²) in [4.78, 5) is 14.3. The molecule has 0 fully saturated rings. The maximum atomic E-state index is 12.9. The van der Waals surface area contributed by atoms with Gasteiger partial charge in [-0.1, -0.05) is 39.3 Å². The highest BCUT2D eigenvalue weighted by Crippen LogP contribution is 2.46. The van der Waals surface area contributed by atoms with E-state index in [2.05, 4.69) is 31.4 Å². The molecule has 2 atom stereocenters. The molecule has 5 rings (SSSR count). The lowest BCUT2D eigenvalue weighted by Gasteiger charge is -2.36.